The lowest BCUT2D eigenvalue weighted by molar-refractivity contribution is -0.214. The van der Waals surface area contributed by atoms with Gasteiger partial charge in [0.1, 0.15) is 17.1 Å². The van der Waals surface area contributed by atoms with Gasteiger partial charge >= 0.3 is 0 Å². The van der Waals surface area contributed by atoms with Gasteiger partial charge in [0.2, 0.25) is 11.8 Å². The fourth-order valence-corrected chi connectivity index (χ4v) is 9.87. The van der Waals surface area contributed by atoms with Crippen molar-refractivity contribution in [2.45, 2.75) is 44.0 Å². The van der Waals surface area contributed by atoms with Crippen LogP contribution in [0.5, 0.6) is 0 Å². The van der Waals surface area contributed by atoms with E-state index in [0.717, 1.165) is 6.42 Å². The summed E-state index contributed by atoms with van der Waals surface area (Å²) >= 11 is 5.49. The molecule has 3 amide bonds. The summed E-state index contributed by atoms with van der Waals surface area (Å²) in [7, 11) is 1.75. The molecule has 2 saturated heterocycles. The van der Waals surface area contributed by atoms with Gasteiger partial charge in [-0.3, -0.25) is 14.4 Å². The lowest BCUT2D eigenvalue weighted by Crippen LogP contribution is -2.84. The van der Waals surface area contributed by atoms with Crippen molar-refractivity contribution in [2.24, 2.45) is 47.3 Å². The van der Waals surface area contributed by atoms with Crippen LogP contribution < -0.4 is 10.6 Å². The summed E-state index contributed by atoms with van der Waals surface area (Å²) < 4.78 is 0. The molecule has 2 aliphatic heterocycles. The Hall–Kier alpha value is -2.66. The largest absolute Gasteiger partial charge is 0.379 e. The number of hydrogen-bond donors (Lipinski definition) is 3. The van der Waals surface area contributed by atoms with Crippen LogP contribution in [0.3, 0.4) is 0 Å². The van der Waals surface area contributed by atoms with Crippen LogP contribution in [0.1, 0.15) is 26.1 Å². The maximum absolute atomic E-state index is 13.5. The van der Waals surface area contributed by atoms with Crippen LogP contribution in [0.15, 0.2) is 18.5 Å². The zero-order valence-corrected chi connectivity index (χ0v) is 21.9. The number of piperidine rings is 2. The van der Waals surface area contributed by atoms with Crippen molar-refractivity contribution >= 4 is 34.9 Å². The Morgan fingerprint density at radius 3 is 2.54 bits per heavy atom. The molecule has 10 atom stereocenters. The molecular weight excluding hydrogens is 492 g/mol. The minimum Gasteiger partial charge on any atom is -0.379 e. The van der Waals surface area contributed by atoms with E-state index in [0.29, 0.717) is 40.9 Å². The summed E-state index contributed by atoms with van der Waals surface area (Å²) in [5.41, 5.74) is -2.04. The van der Waals surface area contributed by atoms with Crippen LogP contribution in [0.4, 0.5) is 0 Å². The molecule has 4 bridgehead atoms. The summed E-state index contributed by atoms with van der Waals surface area (Å²) in [6.45, 7) is 3.70. The number of fused-ring (bicyclic) bond motifs is 1. The number of hydrogen-bond acceptors (Lipinski definition) is 7. The standard InChI is InChI=1S/C26H32N6O4S/c1-11(2)32(16(34)10-31(3)17(37)8-14-27-5-4-6-28-14)9-15(33)29-26-21-13-7-12-18-19(13)23(26)22(18)25(36,20(12)21)24(35)30-26/h4-6,11-13,18-23,36H,7-10H2,1-3H3,(H,29,33)(H,30,35). The highest BCUT2D eigenvalue weighted by molar-refractivity contribution is 7.80. The monoisotopic (exact) mass is 524 g/mol. The molecule has 5 saturated carbocycles. The average molecular weight is 525 g/mol. The second-order valence-corrected chi connectivity index (χ2v) is 12.7. The maximum Gasteiger partial charge on any atom is 0.254 e. The van der Waals surface area contributed by atoms with Crippen molar-refractivity contribution < 1.29 is 19.5 Å². The zero-order valence-electron chi connectivity index (χ0n) is 21.1. The van der Waals surface area contributed by atoms with Crippen molar-refractivity contribution in [1.29, 1.82) is 0 Å². The Morgan fingerprint density at radius 2 is 1.84 bits per heavy atom. The second kappa shape index (κ2) is 7.47. The van der Waals surface area contributed by atoms with E-state index in [9.17, 15) is 19.5 Å². The van der Waals surface area contributed by atoms with E-state index in [4.69, 9.17) is 12.2 Å². The van der Waals surface area contributed by atoms with Crippen LogP contribution in [0.25, 0.3) is 0 Å². The molecule has 3 N–H and O–H groups in total. The number of carbonyl (C=O) groups excluding carboxylic acids is 3. The normalized spacial score (nSPS) is 42.2. The van der Waals surface area contributed by atoms with Gasteiger partial charge in [-0.15, -0.1) is 0 Å². The van der Waals surface area contributed by atoms with E-state index in [1.807, 2.05) is 13.8 Å². The molecule has 7 aliphatic rings. The van der Waals surface area contributed by atoms with Crippen molar-refractivity contribution in [3.63, 3.8) is 0 Å². The van der Waals surface area contributed by atoms with E-state index >= 15 is 0 Å². The average Bonchev–Trinajstić information content (AvgIpc) is 3.38. The molecule has 5 aliphatic carbocycles. The molecule has 0 aromatic carbocycles. The maximum atomic E-state index is 13.5. The van der Waals surface area contributed by atoms with Crippen molar-refractivity contribution in [1.82, 2.24) is 30.4 Å². The number of nitrogens with zero attached hydrogens (tertiary/aromatic N) is 4. The van der Waals surface area contributed by atoms with Crippen LogP contribution in [-0.4, -0.2) is 85.0 Å². The molecule has 1 aromatic heterocycles. The molecular formula is C26H32N6O4S. The number of likely N-dealkylation sites (N-methyl/N-ethyl adjacent to an activating group) is 1. The summed E-state index contributed by atoms with van der Waals surface area (Å²) in [4.78, 5) is 52.0. The fraction of sp³-hybridized carbons (Fsp3) is 0.692. The number of nitrogens with one attached hydrogen (secondary N) is 2. The van der Waals surface area contributed by atoms with Gasteiger partial charge in [0.15, 0.2) is 0 Å². The van der Waals surface area contributed by atoms with Gasteiger partial charge in [-0.25, -0.2) is 9.97 Å². The smallest absolute Gasteiger partial charge is 0.254 e. The molecule has 10 nitrogen and oxygen atoms in total. The minimum absolute atomic E-state index is 0.0367. The van der Waals surface area contributed by atoms with E-state index in [1.165, 1.54) is 0 Å². The third kappa shape index (κ3) is 2.74. The van der Waals surface area contributed by atoms with Crippen LogP contribution in [0, 0.1) is 47.3 Å². The predicted molar refractivity (Wildman–Crippen MR) is 134 cm³/mol. The van der Waals surface area contributed by atoms with Gasteiger partial charge in [-0.2, -0.15) is 0 Å². The number of rotatable bonds is 8. The number of carbonyl (C=O) groups is 3. The molecule has 0 radical (unpaired) electrons. The molecule has 8 rings (SSSR count). The fourth-order valence-electron chi connectivity index (χ4n) is 9.68. The first-order valence-electron chi connectivity index (χ1n) is 13.2. The van der Waals surface area contributed by atoms with Crippen molar-refractivity contribution in [3.05, 3.63) is 24.3 Å². The molecule has 0 spiro atoms. The highest BCUT2D eigenvalue weighted by atomic mass is 32.1. The Bertz CT molecular complexity index is 1230. The molecule has 1 aromatic rings. The highest BCUT2D eigenvalue weighted by Gasteiger charge is 2.95. The Labute approximate surface area is 220 Å². The minimum atomic E-state index is -1.26. The zero-order chi connectivity index (χ0) is 26.0. The molecule has 37 heavy (non-hydrogen) atoms. The SMILES string of the molecule is CC(C)N(CC(=O)NC12NC(=O)C3(O)C4C5CC(C6C5C3C61)C42)C(=O)CN(C)C(=S)Cc1ncccn1. The van der Waals surface area contributed by atoms with Crippen LogP contribution in [-0.2, 0) is 20.8 Å². The first kappa shape index (κ1) is 23.5. The first-order chi connectivity index (χ1) is 17.6. The summed E-state index contributed by atoms with van der Waals surface area (Å²) in [5.74, 6) is 1.65. The van der Waals surface area contributed by atoms with E-state index in [1.54, 1.807) is 35.3 Å². The lowest BCUT2D eigenvalue weighted by atomic mass is 9.50. The first-order valence-corrected chi connectivity index (χ1v) is 13.7. The number of aromatic nitrogens is 2. The molecule has 196 valence electrons. The van der Waals surface area contributed by atoms with Crippen LogP contribution >= 0.6 is 12.2 Å². The van der Waals surface area contributed by atoms with Crippen LogP contribution in [0.2, 0.25) is 0 Å². The number of aliphatic hydroxyl groups is 1. The second-order valence-electron chi connectivity index (χ2n) is 12.2. The predicted octanol–water partition coefficient (Wildman–Crippen LogP) is -0.424. The Morgan fingerprint density at radius 1 is 1.16 bits per heavy atom. The quantitative estimate of drug-likeness (QED) is 0.391. The molecule has 10 unspecified atom stereocenters. The Balaban J connectivity index is 1.04. The third-order valence-corrected chi connectivity index (χ3v) is 11.0. The van der Waals surface area contributed by atoms with Gasteiger partial charge in [0.05, 0.1) is 24.5 Å². The molecule has 11 heteroatoms. The highest BCUT2D eigenvalue weighted by Crippen LogP contribution is 2.88. The molecule has 7 fully saturated rings. The lowest BCUT2D eigenvalue weighted by Gasteiger charge is -2.63. The van der Waals surface area contributed by atoms with E-state index < -0.39 is 11.3 Å². The van der Waals surface area contributed by atoms with E-state index in [2.05, 4.69) is 20.6 Å². The molecule has 3 heterocycles. The van der Waals surface area contributed by atoms with Gasteiger partial charge in [0, 0.05) is 49.2 Å². The number of thiocarbonyl (C=S) groups is 1. The Kier molecular flexibility index (Phi) is 4.73. The van der Waals surface area contributed by atoms with Gasteiger partial charge < -0.3 is 25.5 Å². The van der Waals surface area contributed by atoms with Gasteiger partial charge in [0.25, 0.3) is 5.91 Å². The number of amides is 3. The summed E-state index contributed by atoms with van der Waals surface area (Å²) in [6.07, 6.45) is 4.72. The summed E-state index contributed by atoms with van der Waals surface area (Å²) in [6, 6.07) is 1.54. The van der Waals surface area contributed by atoms with Crippen molar-refractivity contribution in [2.75, 3.05) is 20.1 Å². The topological polar surface area (TPSA) is 128 Å². The van der Waals surface area contributed by atoms with Gasteiger partial charge in [-0.05, 0) is 50.0 Å². The third-order valence-electron chi connectivity index (χ3n) is 10.6. The van der Waals surface area contributed by atoms with E-state index in [-0.39, 0.29) is 60.5 Å². The summed E-state index contributed by atoms with van der Waals surface area (Å²) in [5, 5.41) is 17.7. The van der Waals surface area contributed by atoms with Gasteiger partial charge in [-0.1, -0.05) is 12.2 Å². The van der Waals surface area contributed by atoms with Crippen molar-refractivity contribution in [3.8, 4) is 0 Å².